The van der Waals surface area contributed by atoms with Gasteiger partial charge in [0, 0.05) is 13.1 Å². The van der Waals surface area contributed by atoms with Crippen molar-refractivity contribution < 1.29 is 4.79 Å². The second-order valence-electron chi connectivity index (χ2n) is 5.15. The summed E-state index contributed by atoms with van der Waals surface area (Å²) in [5.74, 6) is -0.237. The molecule has 0 aliphatic carbocycles. The van der Waals surface area contributed by atoms with Gasteiger partial charge in [-0.05, 0) is 31.5 Å². The van der Waals surface area contributed by atoms with Crippen LogP contribution in [0.15, 0.2) is 24.3 Å². The van der Waals surface area contributed by atoms with E-state index in [0.717, 1.165) is 18.5 Å². The molecule has 0 radical (unpaired) electrons. The quantitative estimate of drug-likeness (QED) is 0.868. The molecule has 2 rings (SSSR count). The molecule has 4 nitrogen and oxygen atoms in total. The SMILES string of the molecule is CC1(C(N)=O)CCN(Cc2ccccc2C#N)C1. The van der Waals surface area contributed by atoms with Gasteiger partial charge in [-0.25, -0.2) is 0 Å². The Balaban J connectivity index is 2.09. The third kappa shape index (κ3) is 2.36. The number of carbonyl (C=O) groups is 1. The lowest BCUT2D eigenvalue weighted by molar-refractivity contribution is -0.126. The Morgan fingerprint density at radius 2 is 2.28 bits per heavy atom. The number of hydrogen-bond acceptors (Lipinski definition) is 3. The van der Waals surface area contributed by atoms with E-state index in [1.807, 2.05) is 31.2 Å². The van der Waals surface area contributed by atoms with E-state index in [2.05, 4.69) is 11.0 Å². The minimum atomic E-state index is -0.429. The van der Waals surface area contributed by atoms with Crippen LogP contribution in [0.5, 0.6) is 0 Å². The van der Waals surface area contributed by atoms with Crippen LogP contribution in [0.25, 0.3) is 0 Å². The number of amides is 1. The van der Waals surface area contributed by atoms with Gasteiger partial charge < -0.3 is 5.73 Å². The number of carbonyl (C=O) groups excluding carboxylic acids is 1. The molecule has 0 bridgehead atoms. The number of nitriles is 1. The average molecular weight is 243 g/mol. The summed E-state index contributed by atoms with van der Waals surface area (Å²) in [7, 11) is 0. The van der Waals surface area contributed by atoms with E-state index in [0.29, 0.717) is 18.7 Å². The average Bonchev–Trinajstić information content (AvgIpc) is 2.73. The van der Waals surface area contributed by atoms with Crippen LogP contribution in [0.3, 0.4) is 0 Å². The Morgan fingerprint density at radius 1 is 1.56 bits per heavy atom. The Morgan fingerprint density at radius 3 is 2.89 bits per heavy atom. The summed E-state index contributed by atoms with van der Waals surface area (Å²) in [5, 5.41) is 9.04. The summed E-state index contributed by atoms with van der Waals surface area (Å²) in [5.41, 5.74) is 6.70. The maximum atomic E-state index is 11.4. The molecular formula is C14H17N3O. The Labute approximate surface area is 107 Å². The number of primary amides is 1. The van der Waals surface area contributed by atoms with Crippen molar-refractivity contribution in [2.45, 2.75) is 19.9 Å². The topological polar surface area (TPSA) is 70.1 Å². The maximum absolute atomic E-state index is 11.4. The first-order valence-electron chi connectivity index (χ1n) is 6.05. The zero-order chi connectivity index (χ0) is 13.2. The van der Waals surface area contributed by atoms with Gasteiger partial charge >= 0.3 is 0 Å². The monoisotopic (exact) mass is 243 g/mol. The van der Waals surface area contributed by atoms with Crippen molar-refractivity contribution in [3.05, 3.63) is 35.4 Å². The van der Waals surface area contributed by atoms with Gasteiger partial charge in [0.1, 0.15) is 0 Å². The summed E-state index contributed by atoms with van der Waals surface area (Å²) in [6.45, 7) is 4.12. The second kappa shape index (κ2) is 4.79. The Hall–Kier alpha value is -1.86. The fourth-order valence-corrected chi connectivity index (χ4v) is 2.40. The molecule has 1 fully saturated rings. The van der Waals surface area contributed by atoms with Crippen LogP contribution < -0.4 is 5.73 Å². The Bertz CT molecular complexity index is 506. The molecule has 0 spiro atoms. The molecule has 1 atom stereocenters. The van der Waals surface area contributed by atoms with E-state index < -0.39 is 5.41 Å². The highest BCUT2D eigenvalue weighted by Crippen LogP contribution is 2.30. The van der Waals surface area contributed by atoms with E-state index in [1.165, 1.54) is 0 Å². The highest BCUT2D eigenvalue weighted by Gasteiger charge is 2.38. The molecule has 1 amide bonds. The molecule has 18 heavy (non-hydrogen) atoms. The van der Waals surface area contributed by atoms with Gasteiger partial charge in [-0.15, -0.1) is 0 Å². The predicted octanol–water partition coefficient (Wildman–Crippen LogP) is 1.26. The maximum Gasteiger partial charge on any atom is 0.224 e. The van der Waals surface area contributed by atoms with Crippen LogP contribution in [0.2, 0.25) is 0 Å². The van der Waals surface area contributed by atoms with Gasteiger partial charge in [0.25, 0.3) is 0 Å². The van der Waals surface area contributed by atoms with Gasteiger partial charge in [-0.2, -0.15) is 5.26 Å². The third-order valence-corrected chi connectivity index (χ3v) is 3.68. The van der Waals surface area contributed by atoms with E-state index in [4.69, 9.17) is 11.0 Å². The number of hydrogen-bond donors (Lipinski definition) is 1. The molecule has 4 heteroatoms. The van der Waals surface area contributed by atoms with E-state index >= 15 is 0 Å². The first-order valence-corrected chi connectivity index (χ1v) is 6.05. The fraction of sp³-hybridized carbons (Fsp3) is 0.429. The smallest absolute Gasteiger partial charge is 0.224 e. The van der Waals surface area contributed by atoms with Crippen LogP contribution in [0.1, 0.15) is 24.5 Å². The molecule has 1 aliphatic heterocycles. The van der Waals surface area contributed by atoms with Gasteiger partial charge in [-0.3, -0.25) is 9.69 Å². The molecule has 1 aromatic carbocycles. The number of benzene rings is 1. The predicted molar refractivity (Wildman–Crippen MR) is 68.4 cm³/mol. The van der Waals surface area contributed by atoms with E-state index in [1.54, 1.807) is 0 Å². The summed E-state index contributed by atoms with van der Waals surface area (Å²) in [6.07, 6.45) is 0.789. The van der Waals surface area contributed by atoms with E-state index in [-0.39, 0.29) is 5.91 Å². The largest absolute Gasteiger partial charge is 0.369 e. The first-order chi connectivity index (χ1) is 8.55. The zero-order valence-electron chi connectivity index (χ0n) is 10.5. The lowest BCUT2D eigenvalue weighted by atomic mass is 9.89. The molecule has 1 aliphatic rings. The van der Waals surface area contributed by atoms with Crippen LogP contribution in [-0.4, -0.2) is 23.9 Å². The highest BCUT2D eigenvalue weighted by molar-refractivity contribution is 5.81. The fourth-order valence-electron chi connectivity index (χ4n) is 2.40. The molecule has 1 unspecified atom stereocenters. The van der Waals surface area contributed by atoms with Crippen LogP contribution in [0.4, 0.5) is 0 Å². The van der Waals surface area contributed by atoms with Gasteiger partial charge in [-0.1, -0.05) is 18.2 Å². The van der Waals surface area contributed by atoms with E-state index in [9.17, 15) is 4.79 Å². The number of likely N-dealkylation sites (tertiary alicyclic amines) is 1. The van der Waals surface area contributed by atoms with Crippen molar-refractivity contribution in [3.63, 3.8) is 0 Å². The summed E-state index contributed by atoms with van der Waals surface area (Å²) >= 11 is 0. The van der Waals surface area contributed by atoms with Crippen LogP contribution in [-0.2, 0) is 11.3 Å². The van der Waals surface area contributed by atoms with Gasteiger partial charge in [0.15, 0.2) is 0 Å². The van der Waals surface area contributed by atoms with Crippen molar-refractivity contribution in [3.8, 4) is 6.07 Å². The highest BCUT2D eigenvalue weighted by atomic mass is 16.1. The second-order valence-corrected chi connectivity index (χ2v) is 5.15. The standard InChI is InChI=1S/C14H17N3O/c1-14(13(16)18)6-7-17(10-14)9-12-5-3-2-4-11(12)8-15/h2-5H,6-7,9-10H2,1H3,(H2,16,18). The Kier molecular flexibility index (Phi) is 3.35. The molecule has 1 heterocycles. The summed E-state index contributed by atoms with van der Waals surface area (Å²) in [4.78, 5) is 13.6. The zero-order valence-corrected chi connectivity index (χ0v) is 10.5. The minimum Gasteiger partial charge on any atom is -0.369 e. The minimum absolute atomic E-state index is 0.237. The molecule has 94 valence electrons. The van der Waals surface area contributed by atoms with Crippen molar-refractivity contribution in [2.24, 2.45) is 11.1 Å². The van der Waals surface area contributed by atoms with Crippen molar-refractivity contribution in [1.29, 1.82) is 5.26 Å². The van der Waals surface area contributed by atoms with Crippen molar-refractivity contribution >= 4 is 5.91 Å². The number of nitrogens with two attached hydrogens (primary N) is 1. The van der Waals surface area contributed by atoms with Crippen LogP contribution in [0, 0.1) is 16.7 Å². The summed E-state index contributed by atoms with van der Waals surface area (Å²) < 4.78 is 0. The lowest BCUT2D eigenvalue weighted by Gasteiger charge is -2.21. The van der Waals surface area contributed by atoms with Crippen molar-refractivity contribution in [2.75, 3.05) is 13.1 Å². The van der Waals surface area contributed by atoms with Crippen molar-refractivity contribution in [1.82, 2.24) is 4.90 Å². The number of rotatable bonds is 3. The molecule has 2 N–H and O–H groups in total. The molecule has 0 aromatic heterocycles. The van der Waals surface area contributed by atoms with Crippen LogP contribution >= 0.6 is 0 Å². The molecule has 0 saturated carbocycles. The lowest BCUT2D eigenvalue weighted by Crippen LogP contribution is -2.37. The molecule has 1 saturated heterocycles. The number of nitrogens with zero attached hydrogens (tertiary/aromatic N) is 2. The third-order valence-electron chi connectivity index (χ3n) is 3.68. The first kappa shape index (κ1) is 12.6. The normalized spacial score (nSPS) is 23.8. The van der Waals surface area contributed by atoms with Gasteiger partial charge in [0.2, 0.25) is 5.91 Å². The molecule has 1 aromatic rings. The summed E-state index contributed by atoms with van der Waals surface area (Å²) in [6, 6.07) is 9.76. The molecular weight excluding hydrogens is 226 g/mol. The van der Waals surface area contributed by atoms with Gasteiger partial charge in [0.05, 0.1) is 17.0 Å².